The summed E-state index contributed by atoms with van der Waals surface area (Å²) in [6.07, 6.45) is 1.16. The second-order valence-corrected chi connectivity index (χ2v) is 1.97. The molecule has 0 aromatic carbocycles. The lowest BCUT2D eigenvalue weighted by Crippen LogP contribution is -2.30. The molecular weight excluding hydrogens is 178 g/mol. The van der Waals surface area contributed by atoms with Crippen molar-refractivity contribution in [2.45, 2.75) is 0 Å². The summed E-state index contributed by atoms with van der Waals surface area (Å²) in [6, 6.07) is 2.39. The van der Waals surface area contributed by atoms with E-state index in [1.165, 1.54) is 6.07 Å². The molecule has 0 atom stereocenters. The molecule has 0 unspecified atom stereocenters. The number of aromatic carboxylic acids is 2. The predicted molar refractivity (Wildman–Crippen MR) is 36.5 cm³/mol. The topological polar surface area (TPSA) is 125 Å². The van der Waals surface area contributed by atoms with Gasteiger partial charge in [0.05, 0.1) is 17.6 Å². The lowest BCUT2D eigenvalue weighted by molar-refractivity contribution is -0.260. The summed E-state index contributed by atoms with van der Waals surface area (Å²) in [5.74, 6) is -3.21. The smallest absolute Gasteiger partial charge is 0.0947 e. The van der Waals surface area contributed by atoms with E-state index in [0.717, 1.165) is 12.3 Å². The molecule has 6 nitrogen and oxygen atoms in total. The van der Waals surface area contributed by atoms with E-state index in [0.29, 0.717) is 0 Å². The normalized spacial score (nSPS) is 8.62. The molecule has 1 aromatic rings. The van der Waals surface area contributed by atoms with Crippen LogP contribution in [0.25, 0.3) is 0 Å². The van der Waals surface area contributed by atoms with Crippen molar-refractivity contribution in [2.24, 2.45) is 0 Å². The molecule has 1 aromatic heterocycles. The van der Waals surface area contributed by atoms with Crippen LogP contribution < -0.4 is 10.2 Å². The van der Waals surface area contributed by atoms with Gasteiger partial charge in [-0.1, -0.05) is 0 Å². The average molecular weight is 183 g/mol. The molecule has 0 aliphatic carbocycles. The number of hydrogen-bond acceptors (Lipinski definition) is 5. The van der Waals surface area contributed by atoms with Crippen molar-refractivity contribution in [1.29, 1.82) is 0 Å². The van der Waals surface area contributed by atoms with Gasteiger partial charge in [-0.3, -0.25) is 4.98 Å². The number of carboxylic acids is 2. The molecule has 0 saturated carbocycles. The summed E-state index contributed by atoms with van der Waals surface area (Å²) in [6.45, 7) is 0. The summed E-state index contributed by atoms with van der Waals surface area (Å²) in [5.41, 5.74) is -1.09. The zero-order chi connectivity index (χ0) is 9.14. The largest absolute Gasteiger partial charge is 0.545 e. The number of carbonyl (C=O) groups excluding carboxylic acids is 2. The second-order valence-electron chi connectivity index (χ2n) is 1.97. The first-order chi connectivity index (χ1) is 5.63. The molecule has 0 saturated heterocycles. The Balaban J connectivity index is 0.00000144. The molecule has 6 heteroatoms. The van der Waals surface area contributed by atoms with Crippen LogP contribution >= 0.6 is 0 Å². The van der Waals surface area contributed by atoms with Crippen molar-refractivity contribution in [1.82, 2.24) is 4.98 Å². The maximum Gasteiger partial charge on any atom is 0.0947 e. The maximum absolute atomic E-state index is 10.3. The zero-order valence-corrected chi connectivity index (χ0v) is 6.31. The van der Waals surface area contributed by atoms with Crippen LogP contribution in [0.3, 0.4) is 0 Å². The van der Waals surface area contributed by atoms with Gasteiger partial charge in [-0.15, -0.1) is 0 Å². The maximum atomic E-state index is 10.3. The van der Waals surface area contributed by atoms with Gasteiger partial charge in [-0.25, -0.2) is 0 Å². The van der Waals surface area contributed by atoms with E-state index in [1.54, 1.807) is 0 Å². The third-order valence-corrected chi connectivity index (χ3v) is 1.22. The van der Waals surface area contributed by atoms with Crippen LogP contribution in [0, 0.1) is 0 Å². The van der Waals surface area contributed by atoms with Crippen LogP contribution in [0.4, 0.5) is 0 Å². The van der Waals surface area contributed by atoms with E-state index >= 15 is 0 Å². The number of hydrogen-bond donors (Lipinski definition) is 0. The third kappa shape index (κ3) is 2.24. The fourth-order valence-electron chi connectivity index (χ4n) is 0.733. The van der Waals surface area contributed by atoms with Gasteiger partial charge in [-0.05, 0) is 12.1 Å². The number of aromatic nitrogens is 1. The van der Waals surface area contributed by atoms with Crippen molar-refractivity contribution >= 4 is 11.9 Å². The molecule has 0 fully saturated rings. The predicted octanol–water partition coefficient (Wildman–Crippen LogP) is -3.02. The van der Waals surface area contributed by atoms with Crippen LogP contribution in [0.15, 0.2) is 18.3 Å². The number of carboxylic acid groups (broad SMARTS) is 2. The molecule has 70 valence electrons. The first kappa shape index (κ1) is 11.1. The van der Waals surface area contributed by atoms with Crippen molar-refractivity contribution in [2.75, 3.05) is 0 Å². The van der Waals surface area contributed by atoms with Gasteiger partial charge >= 0.3 is 0 Å². The fourth-order valence-corrected chi connectivity index (χ4v) is 0.733. The van der Waals surface area contributed by atoms with E-state index in [-0.39, 0.29) is 5.48 Å². The van der Waals surface area contributed by atoms with Gasteiger partial charge < -0.3 is 25.3 Å². The van der Waals surface area contributed by atoms with Crippen molar-refractivity contribution < 1.29 is 25.3 Å². The van der Waals surface area contributed by atoms with Crippen LogP contribution in [0.5, 0.6) is 0 Å². The summed E-state index contributed by atoms with van der Waals surface area (Å²) >= 11 is 0. The summed E-state index contributed by atoms with van der Waals surface area (Å²) in [4.78, 5) is 23.9. The highest BCUT2D eigenvalue weighted by atomic mass is 16.4. The van der Waals surface area contributed by atoms with Crippen molar-refractivity contribution in [3.63, 3.8) is 0 Å². The SMILES string of the molecule is O.O=C([O-])c1cccnc1C(=O)[O-]. The molecule has 0 spiro atoms. The minimum Gasteiger partial charge on any atom is -0.545 e. The summed E-state index contributed by atoms with van der Waals surface area (Å²) in [5, 5.41) is 20.5. The van der Waals surface area contributed by atoms with E-state index in [2.05, 4.69) is 4.98 Å². The minimum absolute atomic E-state index is 0. The van der Waals surface area contributed by atoms with Crippen molar-refractivity contribution in [3.8, 4) is 0 Å². The van der Waals surface area contributed by atoms with E-state index in [1.807, 2.05) is 0 Å². The Morgan fingerprint density at radius 3 is 2.23 bits per heavy atom. The fraction of sp³-hybridized carbons (Fsp3) is 0. The van der Waals surface area contributed by atoms with E-state index in [4.69, 9.17) is 0 Å². The van der Waals surface area contributed by atoms with Crippen molar-refractivity contribution in [3.05, 3.63) is 29.6 Å². The molecule has 13 heavy (non-hydrogen) atoms. The Morgan fingerprint density at radius 1 is 1.23 bits per heavy atom. The number of pyridine rings is 1. The minimum atomic E-state index is -1.63. The molecule has 2 N–H and O–H groups in total. The number of rotatable bonds is 2. The Hall–Kier alpha value is -1.95. The Bertz CT molecular complexity index is 302. The standard InChI is InChI=1S/C7H5NO4.H2O/c9-6(10)4-2-1-3-8-5(4)7(11)12;/h1-3H,(H,9,10)(H,11,12);1H2/p-2. The van der Waals surface area contributed by atoms with Gasteiger partial charge in [0.15, 0.2) is 0 Å². The summed E-state index contributed by atoms with van der Waals surface area (Å²) < 4.78 is 0. The van der Waals surface area contributed by atoms with Crippen LogP contribution in [-0.2, 0) is 0 Å². The summed E-state index contributed by atoms with van der Waals surface area (Å²) in [7, 11) is 0. The Kier molecular flexibility index (Phi) is 3.54. The number of nitrogens with zero attached hydrogens (tertiary/aromatic N) is 1. The van der Waals surface area contributed by atoms with Gasteiger partial charge in [0.2, 0.25) is 0 Å². The van der Waals surface area contributed by atoms with Gasteiger partial charge in [0.1, 0.15) is 0 Å². The molecule has 0 aliphatic rings. The number of carbonyl (C=O) groups is 2. The molecule has 0 radical (unpaired) electrons. The van der Waals surface area contributed by atoms with E-state index in [9.17, 15) is 19.8 Å². The molecule has 0 bridgehead atoms. The monoisotopic (exact) mass is 183 g/mol. The van der Waals surface area contributed by atoms with Crippen LogP contribution in [0.1, 0.15) is 20.8 Å². The second kappa shape index (κ2) is 4.17. The molecule has 0 aliphatic heterocycles. The quantitative estimate of drug-likeness (QED) is 0.482. The first-order valence-electron chi connectivity index (χ1n) is 3.00. The first-order valence-corrected chi connectivity index (χ1v) is 3.00. The molecule has 1 rings (SSSR count). The lowest BCUT2D eigenvalue weighted by Gasteiger charge is -2.08. The van der Waals surface area contributed by atoms with Gasteiger partial charge in [0.25, 0.3) is 0 Å². The molecular formula is C7H5NO5-2. The highest BCUT2D eigenvalue weighted by Crippen LogP contribution is 2.01. The van der Waals surface area contributed by atoms with Crippen LogP contribution in [-0.4, -0.2) is 22.4 Å². The Labute approximate surface area is 72.8 Å². The van der Waals surface area contributed by atoms with E-state index < -0.39 is 23.2 Å². The molecule has 1 heterocycles. The highest BCUT2D eigenvalue weighted by molar-refractivity contribution is 5.98. The highest BCUT2D eigenvalue weighted by Gasteiger charge is 2.03. The average Bonchev–Trinajstić information content (AvgIpc) is 2.04. The molecule has 0 amide bonds. The lowest BCUT2D eigenvalue weighted by atomic mass is 10.2. The van der Waals surface area contributed by atoms with Crippen LogP contribution in [0.2, 0.25) is 0 Å². The van der Waals surface area contributed by atoms with Gasteiger partial charge in [0, 0.05) is 11.8 Å². The third-order valence-electron chi connectivity index (χ3n) is 1.22. The Morgan fingerprint density at radius 2 is 1.85 bits per heavy atom. The zero-order valence-electron chi connectivity index (χ0n) is 6.31. The van der Waals surface area contributed by atoms with Gasteiger partial charge in [-0.2, -0.15) is 0 Å².